The zero-order valence-electron chi connectivity index (χ0n) is 14.0. The van der Waals surface area contributed by atoms with E-state index in [1.807, 2.05) is 31.2 Å². The Morgan fingerprint density at radius 3 is 3.00 bits per heavy atom. The van der Waals surface area contributed by atoms with Crippen molar-refractivity contribution in [2.24, 2.45) is 5.92 Å². The van der Waals surface area contributed by atoms with Crippen LogP contribution >= 0.6 is 0 Å². The largest absolute Gasteiger partial charge is 0.492 e. The third kappa shape index (κ3) is 3.70. The molecule has 2 aliphatic rings. The van der Waals surface area contributed by atoms with Gasteiger partial charge in [0.1, 0.15) is 5.75 Å². The number of ether oxygens (including phenoxy) is 2. The molecular weight excluding hydrogens is 308 g/mol. The molecule has 24 heavy (non-hydrogen) atoms. The number of carbonyl (C=O) groups is 2. The average molecular weight is 332 g/mol. The summed E-state index contributed by atoms with van der Waals surface area (Å²) in [7, 11) is 0. The smallest absolute Gasteiger partial charge is 0.227 e. The van der Waals surface area contributed by atoms with Gasteiger partial charge in [-0.3, -0.25) is 9.59 Å². The minimum absolute atomic E-state index is 0.0422. The van der Waals surface area contributed by atoms with Crippen LogP contribution in [0.3, 0.4) is 0 Å². The monoisotopic (exact) mass is 332 g/mol. The van der Waals surface area contributed by atoms with Crippen molar-refractivity contribution in [2.75, 3.05) is 31.2 Å². The molecule has 2 atom stereocenters. The first kappa shape index (κ1) is 16.8. The third-order valence-corrected chi connectivity index (χ3v) is 4.48. The number of hydrogen-bond donors (Lipinski definition) is 1. The molecule has 0 aliphatic carbocycles. The molecule has 2 unspecified atom stereocenters. The summed E-state index contributed by atoms with van der Waals surface area (Å²) in [6.07, 6.45) is 2.38. The standard InChI is InChI=1S/C18H24N2O4/c1-2-23-16-8-4-3-7-15(16)20-12-13(10-17(20)21)18(22)19-11-14-6-5-9-24-14/h3-4,7-8,13-14H,2,5-6,9-12H2,1H3,(H,19,22). The zero-order valence-corrected chi connectivity index (χ0v) is 14.0. The summed E-state index contributed by atoms with van der Waals surface area (Å²) in [5.74, 6) is 0.233. The topological polar surface area (TPSA) is 67.9 Å². The minimum Gasteiger partial charge on any atom is -0.492 e. The number of para-hydroxylation sites is 2. The predicted molar refractivity (Wildman–Crippen MR) is 90.1 cm³/mol. The highest BCUT2D eigenvalue weighted by molar-refractivity contribution is 6.01. The number of carbonyl (C=O) groups excluding carboxylic acids is 2. The Labute approximate surface area is 142 Å². The zero-order chi connectivity index (χ0) is 16.9. The van der Waals surface area contributed by atoms with Crippen LogP contribution in [0, 0.1) is 5.92 Å². The number of hydrogen-bond acceptors (Lipinski definition) is 4. The first-order chi connectivity index (χ1) is 11.7. The van der Waals surface area contributed by atoms with Gasteiger partial charge in [0.2, 0.25) is 11.8 Å². The van der Waals surface area contributed by atoms with Crippen molar-refractivity contribution >= 4 is 17.5 Å². The summed E-state index contributed by atoms with van der Waals surface area (Å²) in [5, 5.41) is 2.92. The van der Waals surface area contributed by atoms with E-state index < -0.39 is 0 Å². The number of benzene rings is 1. The highest BCUT2D eigenvalue weighted by atomic mass is 16.5. The second-order valence-electron chi connectivity index (χ2n) is 6.19. The predicted octanol–water partition coefficient (Wildman–Crippen LogP) is 1.73. The normalized spacial score (nSPS) is 23.5. The minimum atomic E-state index is -0.325. The maximum atomic E-state index is 12.4. The van der Waals surface area contributed by atoms with Gasteiger partial charge in [-0.2, -0.15) is 0 Å². The van der Waals surface area contributed by atoms with Crippen molar-refractivity contribution in [3.05, 3.63) is 24.3 Å². The molecule has 1 aromatic carbocycles. The molecule has 2 fully saturated rings. The Morgan fingerprint density at radius 1 is 1.42 bits per heavy atom. The molecule has 2 aliphatic heterocycles. The van der Waals surface area contributed by atoms with E-state index in [4.69, 9.17) is 9.47 Å². The van der Waals surface area contributed by atoms with Crippen molar-refractivity contribution in [1.82, 2.24) is 5.32 Å². The summed E-state index contributed by atoms with van der Waals surface area (Å²) in [5.41, 5.74) is 0.735. The lowest BCUT2D eigenvalue weighted by Crippen LogP contribution is -2.37. The molecule has 2 saturated heterocycles. The second-order valence-corrected chi connectivity index (χ2v) is 6.19. The van der Waals surface area contributed by atoms with E-state index in [0.29, 0.717) is 25.4 Å². The van der Waals surface area contributed by atoms with Gasteiger partial charge in [0, 0.05) is 26.1 Å². The number of nitrogens with one attached hydrogen (secondary N) is 1. The molecule has 1 aromatic rings. The van der Waals surface area contributed by atoms with Gasteiger partial charge in [0.25, 0.3) is 0 Å². The average Bonchev–Trinajstić information content (AvgIpc) is 3.23. The van der Waals surface area contributed by atoms with E-state index in [9.17, 15) is 9.59 Å². The van der Waals surface area contributed by atoms with Crippen LogP contribution in [0.15, 0.2) is 24.3 Å². The molecule has 6 nitrogen and oxygen atoms in total. The van der Waals surface area contributed by atoms with Crippen LogP contribution in [0.1, 0.15) is 26.2 Å². The third-order valence-electron chi connectivity index (χ3n) is 4.48. The van der Waals surface area contributed by atoms with Gasteiger partial charge >= 0.3 is 0 Å². The molecule has 2 amide bonds. The molecule has 6 heteroatoms. The molecule has 0 aromatic heterocycles. The Bertz CT molecular complexity index is 598. The number of nitrogens with zero attached hydrogens (tertiary/aromatic N) is 1. The molecule has 130 valence electrons. The van der Waals surface area contributed by atoms with E-state index in [0.717, 1.165) is 25.1 Å². The van der Waals surface area contributed by atoms with Gasteiger partial charge in [-0.25, -0.2) is 0 Å². The van der Waals surface area contributed by atoms with Crippen LogP contribution in [0.5, 0.6) is 5.75 Å². The van der Waals surface area contributed by atoms with Gasteiger partial charge in [-0.1, -0.05) is 12.1 Å². The molecule has 0 radical (unpaired) electrons. The fourth-order valence-electron chi connectivity index (χ4n) is 3.24. The van der Waals surface area contributed by atoms with E-state index in [1.54, 1.807) is 4.90 Å². The maximum absolute atomic E-state index is 12.4. The van der Waals surface area contributed by atoms with Gasteiger partial charge in [0.05, 0.1) is 24.3 Å². The van der Waals surface area contributed by atoms with Gasteiger partial charge in [-0.05, 0) is 31.9 Å². The summed E-state index contributed by atoms with van der Waals surface area (Å²) in [4.78, 5) is 26.4. The molecule has 2 heterocycles. The van der Waals surface area contributed by atoms with E-state index in [1.165, 1.54) is 0 Å². The Morgan fingerprint density at radius 2 is 2.25 bits per heavy atom. The van der Waals surface area contributed by atoms with Gasteiger partial charge in [0.15, 0.2) is 0 Å². The SMILES string of the molecule is CCOc1ccccc1N1CC(C(=O)NCC2CCCO2)CC1=O. The number of rotatable bonds is 6. The maximum Gasteiger partial charge on any atom is 0.227 e. The Balaban J connectivity index is 1.61. The molecule has 0 saturated carbocycles. The van der Waals surface area contributed by atoms with Crippen LogP contribution in [-0.2, 0) is 14.3 Å². The first-order valence-electron chi connectivity index (χ1n) is 8.60. The highest BCUT2D eigenvalue weighted by Crippen LogP contribution is 2.33. The van der Waals surface area contributed by atoms with Crippen molar-refractivity contribution in [3.8, 4) is 5.75 Å². The summed E-state index contributed by atoms with van der Waals surface area (Å²) < 4.78 is 11.1. The molecule has 0 bridgehead atoms. The fourth-order valence-corrected chi connectivity index (χ4v) is 3.24. The number of anilines is 1. The Kier molecular flexibility index (Phi) is 5.35. The lowest BCUT2D eigenvalue weighted by atomic mass is 10.1. The fraction of sp³-hybridized carbons (Fsp3) is 0.556. The highest BCUT2D eigenvalue weighted by Gasteiger charge is 2.36. The molecule has 1 N–H and O–H groups in total. The lowest BCUT2D eigenvalue weighted by molar-refractivity contribution is -0.126. The van der Waals surface area contributed by atoms with Crippen LogP contribution in [0.2, 0.25) is 0 Å². The van der Waals surface area contributed by atoms with Crippen molar-refractivity contribution in [1.29, 1.82) is 0 Å². The molecule has 0 spiro atoms. The van der Waals surface area contributed by atoms with Crippen LogP contribution in [-0.4, -0.2) is 44.2 Å². The van der Waals surface area contributed by atoms with Gasteiger partial charge in [-0.15, -0.1) is 0 Å². The molecular formula is C18H24N2O4. The van der Waals surface area contributed by atoms with E-state index in [-0.39, 0.29) is 30.3 Å². The number of amides is 2. The van der Waals surface area contributed by atoms with E-state index >= 15 is 0 Å². The summed E-state index contributed by atoms with van der Waals surface area (Å²) in [6, 6.07) is 7.45. The first-order valence-corrected chi connectivity index (χ1v) is 8.60. The van der Waals surface area contributed by atoms with Crippen LogP contribution < -0.4 is 15.0 Å². The molecule has 3 rings (SSSR count). The van der Waals surface area contributed by atoms with Crippen molar-refractivity contribution < 1.29 is 19.1 Å². The summed E-state index contributed by atoms with van der Waals surface area (Å²) in [6.45, 7) is 4.12. The summed E-state index contributed by atoms with van der Waals surface area (Å²) >= 11 is 0. The van der Waals surface area contributed by atoms with E-state index in [2.05, 4.69) is 5.32 Å². The Hall–Kier alpha value is -2.08. The second kappa shape index (κ2) is 7.66. The quantitative estimate of drug-likeness (QED) is 0.861. The van der Waals surface area contributed by atoms with Crippen LogP contribution in [0.25, 0.3) is 0 Å². The van der Waals surface area contributed by atoms with Crippen LogP contribution in [0.4, 0.5) is 5.69 Å². The van der Waals surface area contributed by atoms with Crippen molar-refractivity contribution in [3.63, 3.8) is 0 Å². The lowest BCUT2D eigenvalue weighted by Gasteiger charge is -2.20. The van der Waals surface area contributed by atoms with Gasteiger partial charge < -0.3 is 19.7 Å². The van der Waals surface area contributed by atoms with Crippen molar-refractivity contribution in [2.45, 2.75) is 32.3 Å².